The zero-order valence-electron chi connectivity index (χ0n) is 16.2. The summed E-state index contributed by atoms with van der Waals surface area (Å²) in [5, 5.41) is 2.97. The molecule has 0 saturated heterocycles. The lowest BCUT2D eigenvalue weighted by atomic mass is 10.2. The van der Waals surface area contributed by atoms with Gasteiger partial charge in [-0.15, -0.1) is 0 Å². The minimum absolute atomic E-state index is 0.0984. The summed E-state index contributed by atoms with van der Waals surface area (Å²) in [4.78, 5) is 12.8. The topological polar surface area (TPSA) is 47.1 Å². The Morgan fingerprint density at radius 3 is 2.38 bits per heavy atom. The minimum Gasteiger partial charge on any atom is -0.457 e. The van der Waals surface area contributed by atoms with E-state index in [2.05, 4.69) is 11.9 Å². The monoisotopic (exact) mass is 384 g/mol. The normalized spacial score (nSPS) is 11.8. The predicted molar refractivity (Wildman–Crippen MR) is 115 cm³/mol. The molecule has 144 valence electrons. The van der Waals surface area contributed by atoms with Gasteiger partial charge in [0.05, 0.1) is 6.20 Å². The number of hydrogen-bond acceptors (Lipinski definition) is 2. The van der Waals surface area contributed by atoms with Crippen LogP contribution in [0.4, 0.5) is 5.69 Å². The van der Waals surface area contributed by atoms with Gasteiger partial charge in [0.15, 0.2) is 17.1 Å². The average Bonchev–Trinajstić information content (AvgIpc) is 3.14. The standard InChI is InChI=1S/C24H21N3O2/c1-3-26-17-27(23-12-8-7-11-22(23)26)18(2)24(28)25-19-13-15-21(16-14-19)29-20-9-5-4-6-10-20/h3-18H,1H2,2H3/p+1/t18-/m1/s1. The van der Waals surface area contributed by atoms with Crippen LogP contribution < -0.4 is 14.6 Å². The number of nitrogens with one attached hydrogen (secondary N) is 1. The van der Waals surface area contributed by atoms with E-state index in [1.807, 2.05) is 101 Å². The zero-order valence-corrected chi connectivity index (χ0v) is 16.2. The number of nitrogens with zero attached hydrogens (tertiary/aromatic N) is 2. The molecule has 0 bridgehead atoms. The maximum atomic E-state index is 12.8. The van der Waals surface area contributed by atoms with Crippen LogP contribution in [0.2, 0.25) is 0 Å². The third kappa shape index (κ3) is 3.89. The number of rotatable bonds is 6. The lowest BCUT2D eigenvalue weighted by Crippen LogP contribution is -2.43. The SMILES string of the molecule is C=Cn1c[n+]([C@H](C)C(=O)Nc2ccc(Oc3ccccc3)cc2)c2ccccc21. The lowest BCUT2D eigenvalue weighted by molar-refractivity contribution is -0.680. The highest BCUT2D eigenvalue weighted by Crippen LogP contribution is 2.23. The summed E-state index contributed by atoms with van der Waals surface area (Å²) in [6, 6.07) is 24.5. The highest BCUT2D eigenvalue weighted by Gasteiger charge is 2.24. The van der Waals surface area contributed by atoms with Crippen LogP contribution in [0.25, 0.3) is 17.2 Å². The van der Waals surface area contributed by atoms with Gasteiger partial charge < -0.3 is 10.1 Å². The quantitative estimate of drug-likeness (QED) is 0.475. The Bertz CT molecular complexity index is 1150. The van der Waals surface area contributed by atoms with Gasteiger partial charge in [-0.25, -0.2) is 9.13 Å². The number of benzene rings is 3. The molecule has 0 aliphatic carbocycles. The molecule has 1 N–H and O–H groups in total. The number of amides is 1. The van der Waals surface area contributed by atoms with Gasteiger partial charge in [0.25, 0.3) is 5.91 Å². The number of carbonyl (C=O) groups excluding carboxylic acids is 1. The van der Waals surface area contributed by atoms with Gasteiger partial charge in [0, 0.05) is 5.69 Å². The van der Waals surface area contributed by atoms with Crippen molar-refractivity contribution in [1.82, 2.24) is 4.57 Å². The van der Waals surface area contributed by atoms with Crippen LogP contribution in [0, 0.1) is 0 Å². The summed E-state index contributed by atoms with van der Waals surface area (Å²) in [7, 11) is 0. The molecule has 0 aliphatic rings. The van der Waals surface area contributed by atoms with Gasteiger partial charge in [-0.1, -0.05) is 36.9 Å². The number of ether oxygens (including phenoxy) is 1. The van der Waals surface area contributed by atoms with Crippen molar-refractivity contribution in [2.24, 2.45) is 0 Å². The third-order valence-electron chi connectivity index (χ3n) is 4.78. The van der Waals surface area contributed by atoms with Crippen molar-refractivity contribution in [1.29, 1.82) is 0 Å². The first-order chi connectivity index (χ1) is 14.2. The fraction of sp³-hybridized carbons (Fsp3) is 0.0833. The molecule has 3 aromatic carbocycles. The van der Waals surface area contributed by atoms with Gasteiger partial charge >= 0.3 is 0 Å². The smallest absolute Gasteiger partial charge is 0.269 e. The highest BCUT2D eigenvalue weighted by molar-refractivity contribution is 5.92. The van der Waals surface area contributed by atoms with Crippen LogP contribution >= 0.6 is 0 Å². The number of aromatic nitrogens is 2. The molecule has 4 aromatic rings. The molecule has 29 heavy (non-hydrogen) atoms. The van der Waals surface area contributed by atoms with E-state index in [1.54, 1.807) is 6.20 Å². The summed E-state index contributed by atoms with van der Waals surface area (Å²) >= 11 is 0. The fourth-order valence-electron chi connectivity index (χ4n) is 3.22. The van der Waals surface area contributed by atoms with Crippen molar-refractivity contribution >= 4 is 28.8 Å². The Hall–Kier alpha value is -3.86. The van der Waals surface area contributed by atoms with Crippen LogP contribution in [-0.4, -0.2) is 10.5 Å². The van der Waals surface area contributed by atoms with E-state index in [0.29, 0.717) is 5.75 Å². The molecule has 1 atom stereocenters. The van der Waals surface area contributed by atoms with Crippen LogP contribution in [0.1, 0.15) is 13.0 Å². The Morgan fingerprint density at radius 1 is 1.00 bits per heavy atom. The number of anilines is 1. The summed E-state index contributed by atoms with van der Waals surface area (Å²) in [6.07, 6.45) is 3.62. The maximum Gasteiger partial charge on any atom is 0.269 e. The number of fused-ring (bicyclic) bond motifs is 1. The van der Waals surface area contributed by atoms with E-state index in [4.69, 9.17) is 4.74 Å². The summed E-state index contributed by atoms with van der Waals surface area (Å²) < 4.78 is 9.64. The maximum absolute atomic E-state index is 12.8. The highest BCUT2D eigenvalue weighted by atomic mass is 16.5. The average molecular weight is 384 g/mol. The van der Waals surface area contributed by atoms with Gasteiger partial charge in [-0.3, -0.25) is 4.79 Å². The van der Waals surface area contributed by atoms with E-state index >= 15 is 0 Å². The van der Waals surface area contributed by atoms with Crippen molar-refractivity contribution in [3.63, 3.8) is 0 Å². The first-order valence-electron chi connectivity index (χ1n) is 9.43. The third-order valence-corrected chi connectivity index (χ3v) is 4.78. The molecule has 0 unspecified atom stereocenters. The molecule has 4 rings (SSSR count). The van der Waals surface area contributed by atoms with Crippen molar-refractivity contribution in [2.45, 2.75) is 13.0 Å². The van der Waals surface area contributed by atoms with E-state index in [-0.39, 0.29) is 11.9 Å². The largest absolute Gasteiger partial charge is 0.457 e. The molecule has 1 aromatic heterocycles. The van der Waals surface area contributed by atoms with Crippen LogP contribution in [0.3, 0.4) is 0 Å². The molecule has 0 aliphatic heterocycles. The zero-order chi connectivity index (χ0) is 20.2. The first-order valence-corrected chi connectivity index (χ1v) is 9.43. The van der Waals surface area contributed by atoms with Gasteiger partial charge in [0.1, 0.15) is 11.5 Å². The summed E-state index contributed by atoms with van der Waals surface area (Å²) in [5.74, 6) is 1.39. The second-order valence-electron chi connectivity index (χ2n) is 6.71. The molecule has 1 amide bonds. The van der Waals surface area contributed by atoms with E-state index in [1.165, 1.54) is 0 Å². The van der Waals surface area contributed by atoms with Crippen molar-refractivity contribution < 1.29 is 14.1 Å². The fourth-order valence-corrected chi connectivity index (χ4v) is 3.22. The first kappa shape index (κ1) is 18.5. The Kier molecular flexibility index (Phi) is 5.12. The predicted octanol–water partition coefficient (Wildman–Crippen LogP) is 5.02. The molecule has 1 heterocycles. The van der Waals surface area contributed by atoms with Crippen LogP contribution in [0.15, 0.2) is 91.8 Å². The number of carbonyl (C=O) groups is 1. The van der Waals surface area contributed by atoms with E-state index in [0.717, 1.165) is 22.5 Å². The van der Waals surface area contributed by atoms with Crippen molar-refractivity contribution in [2.75, 3.05) is 5.32 Å². The molecule has 5 nitrogen and oxygen atoms in total. The van der Waals surface area contributed by atoms with Gasteiger partial charge in [-0.05, 0) is 55.5 Å². The van der Waals surface area contributed by atoms with Crippen molar-refractivity contribution in [3.05, 3.63) is 91.8 Å². The van der Waals surface area contributed by atoms with E-state index < -0.39 is 0 Å². The Morgan fingerprint density at radius 2 is 1.66 bits per heavy atom. The number of hydrogen-bond donors (Lipinski definition) is 1. The number of para-hydroxylation sites is 3. The molecule has 0 fully saturated rings. The molecule has 5 heteroatoms. The van der Waals surface area contributed by atoms with Crippen LogP contribution in [-0.2, 0) is 4.79 Å². The van der Waals surface area contributed by atoms with E-state index in [9.17, 15) is 4.79 Å². The Labute approximate surface area is 169 Å². The van der Waals surface area contributed by atoms with Gasteiger partial charge in [-0.2, -0.15) is 0 Å². The minimum atomic E-state index is -0.388. The summed E-state index contributed by atoms with van der Waals surface area (Å²) in [6.45, 7) is 5.72. The molecule has 0 spiro atoms. The summed E-state index contributed by atoms with van der Waals surface area (Å²) in [5.41, 5.74) is 2.70. The molecule has 0 saturated carbocycles. The van der Waals surface area contributed by atoms with Crippen LogP contribution in [0.5, 0.6) is 11.5 Å². The second kappa shape index (κ2) is 8.02. The molecular formula is C24H22N3O2+. The molecular weight excluding hydrogens is 362 g/mol. The van der Waals surface area contributed by atoms with Gasteiger partial charge in [0.2, 0.25) is 6.33 Å². The molecule has 0 radical (unpaired) electrons. The van der Waals surface area contributed by atoms with Crippen molar-refractivity contribution in [3.8, 4) is 11.5 Å². The number of imidazole rings is 1. The second-order valence-corrected chi connectivity index (χ2v) is 6.71. The Balaban J connectivity index is 1.49. The lowest BCUT2D eigenvalue weighted by Gasteiger charge is -2.11.